The molecule has 0 atom stereocenters. The minimum Gasteiger partial charge on any atom is -0.382 e. The van der Waals surface area contributed by atoms with Gasteiger partial charge in [0.05, 0.1) is 0 Å². The van der Waals surface area contributed by atoms with Gasteiger partial charge in [-0.15, -0.1) is 0 Å². The number of nitrogens with zero attached hydrogens (tertiary/aromatic N) is 2. The molecule has 6 heteroatoms. The van der Waals surface area contributed by atoms with Gasteiger partial charge in [-0.3, -0.25) is 4.79 Å². The van der Waals surface area contributed by atoms with Crippen LogP contribution in [0, 0.1) is 0 Å². The Labute approximate surface area is 119 Å². The molecule has 0 aliphatic rings. The minimum atomic E-state index is -0.0985. The van der Waals surface area contributed by atoms with E-state index in [0.717, 1.165) is 19.4 Å². The predicted octanol–water partition coefficient (Wildman–Crippen LogP) is 2.81. The molecule has 1 aromatic heterocycles. The van der Waals surface area contributed by atoms with Crippen LogP contribution in [0.1, 0.15) is 50.2 Å². The number of carbonyl (C=O) groups is 1. The molecule has 0 aliphatic carbocycles. The molecule has 0 aromatic carbocycles. The molecule has 3 N–H and O–H groups in total. The fourth-order valence-corrected chi connectivity index (χ4v) is 2.62. The highest BCUT2D eigenvalue weighted by Crippen LogP contribution is 2.28. The first-order chi connectivity index (χ1) is 8.74. The maximum absolute atomic E-state index is 12.2. The van der Waals surface area contributed by atoms with Crippen molar-refractivity contribution in [2.75, 3.05) is 24.6 Å². The van der Waals surface area contributed by atoms with Gasteiger partial charge in [0.25, 0.3) is 5.91 Å². The molecule has 1 rings (SSSR count). The zero-order chi connectivity index (χ0) is 14.6. The average molecular weight is 284 g/mol. The number of amides is 1. The van der Waals surface area contributed by atoms with Gasteiger partial charge < -0.3 is 16.0 Å². The van der Waals surface area contributed by atoms with Crippen molar-refractivity contribution in [2.24, 2.45) is 0 Å². The van der Waals surface area contributed by atoms with E-state index in [2.05, 4.69) is 17.2 Å². The second kappa shape index (κ2) is 6.23. The Balaban J connectivity index is 2.81. The number of nitrogens with two attached hydrogens (primary N) is 1. The summed E-state index contributed by atoms with van der Waals surface area (Å²) in [4.78, 5) is 18.7. The molecule has 0 fully saturated rings. The van der Waals surface area contributed by atoms with E-state index >= 15 is 0 Å². The van der Waals surface area contributed by atoms with E-state index in [-0.39, 0.29) is 11.4 Å². The Morgan fingerprint density at radius 3 is 2.63 bits per heavy atom. The zero-order valence-corrected chi connectivity index (χ0v) is 13.2. The van der Waals surface area contributed by atoms with E-state index in [1.165, 1.54) is 11.3 Å². The number of rotatable bonds is 5. The van der Waals surface area contributed by atoms with Crippen LogP contribution in [0.25, 0.3) is 0 Å². The smallest absolute Gasteiger partial charge is 0.267 e. The molecular formula is C13H24N4OS. The standard InChI is InChI=1S/C13H24N4OS/c1-6-7-8-17(5)11(18)9-10(14)15-12(19-9)16-13(2,3)4/h6-8,14H2,1-5H3,(H,15,16). The van der Waals surface area contributed by atoms with Gasteiger partial charge in [-0.25, -0.2) is 4.98 Å². The highest BCUT2D eigenvalue weighted by atomic mass is 32.1. The molecule has 0 saturated carbocycles. The van der Waals surface area contributed by atoms with Crippen LogP contribution < -0.4 is 11.1 Å². The van der Waals surface area contributed by atoms with Crippen LogP contribution in [-0.2, 0) is 0 Å². The van der Waals surface area contributed by atoms with Gasteiger partial charge in [-0.1, -0.05) is 24.7 Å². The second-order valence-electron chi connectivity index (χ2n) is 5.69. The first-order valence-corrected chi connectivity index (χ1v) is 7.36. The largest absolute Gasteiger partial charge is 0.382 e. The Morgan fingerprint density at radius 2 is 2.11 bits per heavy atom. The number of nitrogens with one attached hydrogen (secondary N) is 1. The second-order valence-corrected chi connectivity index (χ2v) is 6.69. The summed E-state index contributed by atoms with van der Waals surface area (Å²) in [5, 5.41) is 3.93. The van der Waals surface area contributed by atoms with Crippen LogP contribution >= 0.6 is 11.3 Å². The fourth-order valence-electron chi connectivity index (χ4n) is 1.53. The lowest BCUT2D eigenvalue weighted by Crippen LogP contribution is -2.27. The summed E-state index contributed by atoms with van der Waals surface area (Å²) < 4.78 is 0. The van der Waals surface area contributed by atoms with Crippen LogP contribution in [0.4, 0.5) is 10.9 Å². The highest BCUT2D eigenvalue weighted by Gasteiger charge is 2.21. The van der Waals surface area contributed by atoms with Crippen LogP contribution in [0.15, 0.2) is 0 Å². The van der Waals surface area contributed by atoms with Crippen LogP contribution in [0.3, 0.4) is 0 Å². The van der Waals surface area contributed by atoms with Gasteiger partial charge in [0.1, 0.15) is 10.7 Å². The zero-order valence-electron chi connectivity index (χ0n) is 12.4. The molecule has 1 heterocycles. The van der Waals surface area contributed by atoms with Crippen LogP contribution in [0.2, 0.25) is 0 Å². The Kier molecular flexibility index (Phi) is 5.17. The summed E-state index contributed by atoms with van der Waals surface area (Å²) in [6.07, 6.45) is 2.06. The van der Waals surface area contributed by atoms with Gasteiger partial charge in [0, 0.05) is 19.1 Å². The van der Waals surface area contributed by atoms with Crippen molar-refractivity contribution >= 4 is 28.2 Å². The number of thiazole rings is 1. The molecule has 0 saturated heterocycles. The summed E-state index contributed by atoms with van der Waals surface area (Å²) in [5.41, 5.74) is 5.74. The number of unbranched alkanes of at least 4 members (excludes halogenated alkanes) is 1. The summed E-state index contributed by atoms with van der Waals surface area (Å²) in [6.45, 7) is 8.97. The van der Waals surface area contributed by atoms with Gasteiger partial charge >= 0.3 is 0 Å². The highest BCUT2D eigenvalue weighted by molar-refractivity contribution is 7.18. The monoisotopic (exact) mass is 284 g/mol. The van der Waals surface area contributed by atoms with Crippen molar-refractivity contribution in [3.63, 3.8) is 0 Å². The Hall–Kier alpha value is -1.30. The summed E-state index contributed by atoms with van der Waals surface area (Å²) in [7, 11) is 1.80. The first-order valence-electron chi connectivity index (χ1n) is 6.54. The fraction of sp³-hybridized carbons (Fsp3) is 0.692. The van der Waals surface area contributed by atoms with Crippen molar-refractivity contribution in [3.05, 3.63) is 4.88 Å². The third kappa shape index (κ3) is 4.70. The molecule has 19 heavy (non-hydrogen) atoms. The predicted molar refractivity (Wildman–Crippen MR) is 81.8 cm³/mol. The number of anilines is 2. The van der Waals surface area contributed by atoms with E-state index in [4.69, 9.17) is 5.73 Å². The van der Waals surface area contributed by atoms with E-state index in [0.29, 0.717) is 15.8 Å². The van der Waals surface area contributed by atoms with Gasteiger partial charge in [0.2, 0.25) is 0 Å². The van der Waals surface area contributed by atoms with Crippen molar-refractivity contribution in [1.82, 2.24) is 9.88 Å². The number of carbonyl (C=O) groups excluding carboxylic acids is 1. The SMILES string of the molecule is CCCCN(C)C(=O)c1sc(NC(C)(C)C)nc1N. The molecule has 5 nitrogen and oxygen atoms in total. The quantitative estimate of drug-likeness (QED) is 0.872. The number of nitrogen functional groups attached to an aromatic ring is 1. The third-order valence-corrected chi connectivity index (χ3v) is 3.50. The molecule has 0 unspecified atom stereocenters. The average Bonchev–Trinajstić information content (AvgIpc) is 2.63. The van der Waals surface area contributed by atoms with E-state index in [1.54, 1.807) is 11.9 Å². The van der Waals surface area contributed by atoms with Gasteiger partial charge in [-0.05, 0) is 27.2 Å². The van der Waals surface area contributed by atoms with Crippen LogP contribution in [0.5, 0.6) is 0 Å². The molecule has 0 spiro atoms. The normalized spacial score (nSPS) is 11.4. The van der Waals surface area contributed by atoms with E-state index in [1.807, 2.05) is 20.8 Å². The lowest BCUT2D eigenvalue weighted by atomic mass is 10.1. The Morgan fingerprint density at radius 1 is 1.47 bits per heavy atom. The maximum Gasteiger partial charge on any atom is 0.267 e. The molecule has 0 bridgehead atoms. The summed E-state index contributed by atoms with van der Waals surface area (Å²) >= 11 is 1.32. The third-order valence-electron chi connectivity index (χ3n) is 2.52. The van der Waals surface area contributed by atoms with Crippen LogP contribution in [-0.4, -0.2) is 34.9 Å². The Bertz CT molecular complexity index is 436. The molecule has 1 amide bonds. The maximum atomic E-state index is 12.2. The molecule has 0 aliphatic heterocycles. The number of aromatic nitrogens is 1. The summed E-state index contributed by atoms with van der Waals surface area (Å²) in [5.74, 6) is 0.260. The molecule has 1 aromatic rings. The number of hydrogen-bond acceptors (Lipinski definition) is 5. The lowest BCUT2D eigenvalue weighted by molar-refractivity contribution is 0.0799. The van der Waals surface area contributed by atoms with E-state index in [9.17, 15) is 4.79 Å². The molecule has 0 radical (unpaired) electrons. The van der Waals surface area contributed by atoms with Crippen molar-refractivity contribution < 1.29 is 4.79 Å². The summed E-state index contributed by atoms with van der Waals surface area (Å²) in [6, 6.07) is 0. The molecular weight excluding hydrogens is 260 g/mol. The first kappa shape index (κ1) is 15.8. The minimum absolute atomic E-state index is 0.0505. The van der Waals surface area contributed by atoms with Crippen molar-refractivity contribution in [1.29, 1.82) is 0 Å². The topological polar surface area (TPSA) is 71.2 Å². The van der Waals surface area contributed by atoms with Gasteiger partial charge in [0.15, 0.2) is 5.13 Å². The van der Waals surface area contributed by atoms with Crippen molar-refractivity contribution in [3.8, 4) is 0 Å². The van der Waals surface area contributed by atoms with Crippen molar-refractivity contribution in [2.45, 2.75) is 46.1 Å². The van der Waals surface area contributed by atoms with Gasteiger partial charge in [-0.2, -0.15) is 0 Å². The number of hydrogen-bond donors (Lipinski definition) is 2. The molecule has 108 valence electrons. The lowest BCUT2D eigenvalue weighted by Gasteiger charge is -2.19. The van der Waals surface area contributed by atoms with E-state index < -0.39 is 0 Å².